The second-order valence-corrected chi connectivity index (χ2v) is 18.2. The minimum atomic E-state index is -0.883. The molecule has 3 heteroatoms. The molecule has 0 bridgehead atoms. The third-order valence-corrected chi connectivity index (χ3v) is 14.2. The van der Waals surface area contributed by atoms with Crippen LogP contribution in [-0.2, 0) is 27.6 Å². The first kappa shape index (κ1) is 35.5. The van der Waals surface area contributed by atoms with Gasteiger partial charge in [0.2, 0.25) is 0 Å². The maximum atomic E-state index is 7.84. The van der Waals surface area contributed by atoms with Crippen molar-refractivity contribution in [3.8, 4) is 33.8 Å². The highest BCUT2D eigenvalue weighted by Gasteiger charge is 2.45. The van der Waals surface area contributed by atoms with E-state index in [4.69, 9.17) is 14.2 Å². The summed E-state index contributed by atoms with van der Waals surface area (Å²) in [7, 11) is 1.75. The normalized spacial score (nSPS) is 20.7. The Hall–Kier alpha value is -5.64. The molecule has 2 heterocycles. The monoisotopic (exact) mass is 758 g/mol. The number of methoxy groups -OCH3 is 1. The fourth-order valence-electron chi connectivity index (χ4n) is 11.1. The van der Waals surface area contributed by atoms with E-state index in [1.54, 1.807) is 7.11 Å². The zero-order valence-electron chi connectivity index (χ0n) is 34.2. The predicted octanol–water partition coefficient (Wildman–Crippen LogP) is 13.3. The van der Waals surface area contributed by atoms with Gasteiger partial charge in [-0.05, 0) is 140 Å². The van der Waals surface area contributed by atoms with E-state index in [-0.39, 0.29) is 10.8 Å². The molecule has 2 atom stereocenters. The SMILES string of the molecule is COc1ccc2c3c(c4c(c2c1)OC(c1ccc(CC2CCCOCC2)cc1)(c1ccc2c(c1)C(C)(C)c1cc5ccccc5cc1-2)C=C4)C(C)(C)c1ccccc1-3. The van der Waals surface area contributed by atoms with Gasteiger partial charge in [0.1, 0.15) is 11.5 Å². The van der Waals surface area contributed by atoms with Crippen LogP contribution in [0.2, 0.25) is 0 Å². The Morgan fingerprint density at radius 1 is 0.638 bits per heavy atom. The van der Waals surface area contributed by atoms with Crippen molar-refractivity contribution >= 4 is 27.6 Å². The van der Waals surface area contributed by atoms with E-state index >= 15 is 0 Å². The Balaban J connectivity index is 1.12. The number of fused-ring (bicyclic) bond motifs is 12. The van der Waals surface area contributed by atoms with E-state index in [1.165, 1.54) is 72.7 Å². The van der Waals surface area contributed by atoms with E-state index in [1.807, 2.05) is 0 Å². The number of hydrogen-bond donors (Lipinski definition) is 0. The molecular weight excluding hydrogens is 709 g/mol. The van der Waals surface area contributed by atoms with Gasteiger partial charge in [0, 0.05) is 46.1 Å². The van der Waals surface area contributed by atoms with Gasteiger partial charge in [-0.2, -0.15) is 0 Å². The summed E-state index contributed by atoms with van der Waals surface area (Å²) < 4.78 is 19.5. The highest BCUT2D eigenvalue weighted by atomic mass is 16.5. The van der Waals surface area contributed by atoms with Gasteiger partial charge in [0.25, 0.3) is 0 Å². The van der Waals surface area contributed by atoms with E-state index in [9.17, 15) is 0 Å². The van der Waals surface area contributed by atoms with E-state index in [0.717, 1.165) is 66.1 Å². The predicted molar refractivity (Wildman–Crippen MR) is 238 cm³/mol. The summed E-state index contributed by atoms with van der Waals surface area (Å²) in [5.41, 5.74) is 14.1. The molecule has 2 aliphatic heterocycles. The van der Waals surface area contributed by atoms with Crippen LogP contribution in [-0.4, -0.2) is 20.3 Å². The Morgan fingerprint density at radius 2 is 1.40 bits per heavy atom. The quantitative estimate of drug-likeness (QED) is 0.175. The number of ether oxygens (including phenoxy) is 3. The zero-order valence-corrected chi connectivity index (χ0v) is 34.2. The Kier molecular flexibility index (Phi) is 7.92. The largest absolute Gasteiger partial charge is 0.497 e. The second-order valence-electron chi connectivity index (χ2n) is 18.2. The van der Waals surface area contributed by atoms with E-state index in [0.29, 0.717) is 5.92 Å². The smallest absolute Gasteiger partial charge is 0.178 e. The lowest BCUT2D eigenvalue weighted by molar-refractivity contribution is 0.141. The van der Waals surface area contributed by atoms with Crippen molar-refractivity contribution in [2.24, 2.45) is 5.92 Å². The maximum absolute atomic E-state index is 7.84. The van der Waals surface area contributed by atoms with Crippen LogP contribution in [0.3, 0.4) is 0 Å². The van der Waals surface area contributed by atoms with Gasteiger partial charge in [-0.3, -0.25) is 0 Å². The summed E-state index contributed by atoms with van der Waals surface area (Å²) in [6.45, 7) is 11.2. The molecule has 1 fully saturated rings. The molecule has 2 unspecified atom stereocenters. The lowest BCUT2D eigenvalue weighted by atomic mass is 9.75. The second kappa shape index (κ2) is 12.9. The molecule has 11 rings (SSSR count). The lowest BCUT2D eigenvalue weighted by Crippen LogP contribution is -2.35. The van der Waals surface area contributed by atoms with Crippen molar-refractivity contribution in [3.05, 3.63) is 172 Å². The van der Waals surface area contributed by atoms with Crippen molar-refractivity contribution in [3.63, 3.8) is 0 Å². The molecule has 0 saturated carbocycles. The molecule has 288 valence electrons. The summed E-state index contributed by atoms with van der Waals surface area (Å²) in [5, 5.41) is 4.82. The van der Waals surface area contributed by atoms with Crippen LogP contribution in [0.1, 0.15) is 91.5 Å². The molecule has 7 aromatic carbocycles. The first-order chi connectivity index (χ1) is 28.2. The summed E-state index contributed by atoms with van der Waals surface area (Å²) in [4.78, 5) is 0. The standard InChI is InChI=1S/C55H50O3/c1-53(2)48-31-37-13-7-6-12-36(37)30-45(48)41-22-20-39(32-49(41)53)55(38-18-16-35(17-19-38)29-34-11-10-27-57-28-25-34)26-24-44-51-50(43-14-8-9-15-47(43)54(51,3)4)42-23-21-40(56-5)33-46(42)52(44)58-55/h6-9,12-24,26,30-34H,10-11,25,27-29H2,1-5H3. The third kappa shape index (κ3) is 5.15. The average Bonchev–Trinajstić information content (AvgIpc) is 3.44. The van der Waals surface area contributed by atoms with E-state index in [2.05, 4.69) is 161 Å². The minimum Gasteiger partial charge on any atom is -0.497 e. The highest BCUT2D eigenvalue weighted by molar-refractivity contribution is 6.09. The summed E-state index contributed by atoms with van der Waals surface area (Å²) >= 11 is 0. The van der Waals surface area contributed by atoms with Gasteiger partial charge in [0.05, 0.1) is 7.11 Å². The molecule has 3 nitrogen and oxygen atoms in total. The molecule has 0 aromatic heterocycles. The van der Waals surface area contributed by atoms with Crippen LogP contribution >= 0.6 is 0 Å². The molecule has 4 aliphatic rings. The summed E-state index contributed by atoms with van der Waals surface area (Å²) in [6.07, 6.45) is 9.29. The van der Waals surface area contributed by atoms with Crippen LogP contribution in [0.15, 0.2) is 127 Å². The van der Waals surface area contributed by atoms with Gasteiger partial charge in [0.15, 0.2) is 5.60 Å². The molecule has 0 radical (unpaired) electrons. The van der Waals surface area contributed by atoms with E-state index < -0.39 is 5.60 Å². The van der Waals surface area contributed by atoms with Crippen molar-refractivity contribution in [1.82, 2.24) is 0 Å². The zero-order chi connectivity index (χ0) is 39.4. The summed E-state index contributed by atoms with van der Waals surface area (Å²) in [5.74, 6) is 2.38. The van der Waals surface area contributed by atoms with Crippen LogP contribution in [0.5, 0.6) is 11.5 Å². The number of rotatable bonds is 5. The molecule has 0 N–H and O–H groups in total. The average molecular weight is 759 g/mol. The Morgan fingerprint density at radius 3 is 2.22 bits per heavy atom. The van der Waals surface area contributed by atoms with Crippen molar-refractivity contribution in [2.75, 3.05) is 20.3 Å². The summed E-state index contributed by atoms with van der Waals surface area (Å²) in [6, 6.07) is 45.4. The topological polar surface area (TPSA) is 27.7 Å². The van der Waals surface area contributed by atoms with Gasteiger partial charge < -0.3 is 14.2 Å². The minimum absolute atomic E-state index is 0.189. The van der Waals surface area contributed by atoms with Crippen LogP contribution in [0.4, 0.5) is 0 Å². The lowest BCUT2D eigenvalue weighted by Gasteiger charge is -2.39. The molecule has 1 saturated heterocycles. The third-order valence-electron chi connectivity index (χ3n) is 14.2. The molecule has 7 aromatic rings. The molecule has 0 amide bonds. The van der Waals surface area contributed by atoms with Gasteiger partial charge in [-0.1, -0.05) is 119 Å². The Bertz CT molecular complexity index is 2830. The van der Waals surface area contributed by atoms with Gasteiger partial charge >= 0.3 is 0 Å². The number of hydrogen-bond acceptors (Lipinski definition) is 3. The molecule has 0 spiro atoms. The van der Waals surface area contributed by atoms with Gasteiger partial charge in [-0.25, -0.2) is 0 Å². The molecular formula is C55H50O3. The van der Waals surface area contributed by atoms with Crippen molar-refractivity contribution in [1.29, 1.82) is 0 Å². The first-order valence-corrected chi connectivity index (χ1v) is 21.2. The first-order valence-electron chi connectivity index (χ1n) is 21.2. The van der Waals surface area contributed by atoms with Crippen LogP contribution in [0, 0.1) is 5.92 Å². The molecule has 2 aliphatic carbocycles. The fraction of sp³-hybridized carbons (Fsp3) is 0.273. The van der Waals surface area contributed by atoms with Crippen LogP contribution < -0.4 is 9.47 Å². The van der Waals surface area contributed by atoms with Crippen LogP contribution in [0.25, 0.3) is 49.9 Å². The van der Waals surface area contributed by atoms with Crippen molar-refractivity contribution < 1.29 is 14.2 Å². The molecule has 58 heavy (non-hydrogen) atoms. The number of benzene rings is 7. The fourth-order valence-corrected chi connectivity index (χ4v) is 11.1. The maximum Gasteiger partial charge on any atom is 0.178 e. The van der Waals surface area contributed by atoms with Gasteiger partial charge in [-0.15, -0.1) is 0 Å². The van der Waals surface area contributed by atoms with Crippen molar-refractivity contribution in [2.45, 2.75) is 69.8 Å². The Labute approximate surface area is 342 Å². The highest BCUT2D eigenvalue weighted by Crippen LogP contribution is 2.59.